The van der Waals surface area contributed by atoms with Crippen molar-refractivity contribution in [1.82, 2.24) is 0 Å². The van der Waals surface area contributed by atoms with Gasteiger partial charge >= 0.3 is 0 Å². The molecular formula is C11H7Br2N3O2S2. The smallest absolute Gasteiger partial charge is 0.264 e. The number of hydrogen-bond donors (Lipinski definition) is 2. The summed E-state index contributed by atoms with van der Waals surface area (Å²) in [6.07, 6.45) is 0. The van der Waals surface area contributed by atoms with Gasteiger partial charge < -0.3 is 5.73 Å². The van der Waals surface area contributed by atoms with E-state index in [1.807, 2.05) is 6.07 Å². The van der Waals surface area contributed by atoms with Gasteiger partial charge in [-0.1, -0.05) is 0 Å². The minimum absolute atomic E-state index is 0.0315. The zero-order chi connectivity index (χ0) is 14.9. The van der Waals surface area contributed by atoms with Gasteiger partial charge in [0.2, 0.25) is 0 Å². The SMILES string of the molecule is N#Cc1ccsc1NS(=O)(=O)c1c(Br)cc(N)cc1Br. The molecule has 9 heteroatoms. The van der Waals surface area contributed by atoms with Crippen molar-refractivity contribution in [3.8, 4) is 6.07 Å². The van der Waals surface area contributed by atoms with Crippen LogP contribution in [-0.2, 0) is 10.0 Å². The van der Waals surface area contributed by atoms with Crippen molar-refractivity contribution in [1.29, 1.82) is 5.26 Å². The lowest BCUT2D eigenvalue weighted by Crippen LogP contribution is -2.14. The summed E-state index contributed by atoms with van der Waals surface area (Å²) in [5.41, 5.74) is 6.34. The molecule has 0 unspecified atom stereocenters. The number of anilines is 2. The van der Waals surface area contributed by atoms with Crippen LogP contribution >= 0.6 is 43.2 Å². The molecule has 0 bridgehead atoms. The Morgan fingerprint density at radius 1 is 1.30 bits per heavy atom. The van der Waals surface area contributed by atoms with Crippen molar-refractivity contribution in [3.63, 3.8) is 0 Å². The second kappa shape index (κ2) is 5.73. The molecule has 2 rings (SSSR count). The summed E-state index contributed by atoms with van der Waals surface area (Å²) < 4.78 is 27.9. The van der Waals surface area contributed by atoms with E-state index >= 15 is 0 Å². The molecule has 5 nitrogen and oxygen atoms in total. The summed E-state index contributed by atoms with van der Waals surface area (Å²) in [6, 6.07) is 6.48. The highest BCUT2D eigenvalue weighted by Gasteiger charge is 2.23. The van der Waals surface area contributed by atoms with E-state index in [1.165, 1.54) is 12.1 Å². The van der Waals surface area contributed by atoms with Crippen LogP contribution in [0, 0.1) is 11.3 Å². The summed E-state index contributed by atoms with van der Waals surface area (Å²) in [5, 5.41) is 10.8. The number of halogens is 2. The van der Waals surface area contributed by atoms with Crippen LogP contribution in [0.3, 0.4) is 0 Å². The fraction of sp³-hybridized carbons (Fsp3) is 0. The van der Waals surface area contributed by atoms with Crippen molar-refractivity contribution in [2.45, 2.75) is 4.90 Å². The quantitative estimate of drug-likeness (QED) is 0.719. The van der Waals surface area contributed by atoms with Gasteiger partial charge in [0.25, 0.3) is 10.0 Å². The van der Waals surface area contributed by atoms with Crippen molar-refractivity contribution in [2.24, 2.45) is 0 Å². The molecule has 0 atom stereocenters. The Labute approximate surface area is 136 Å². The van der Waals surface area contributed by atoms with Gasteiger partial charge in [-0.15, -0.1) is 11.3 Å². The van der Waals surface area contributed by atoms with Crippen molar-refractivity contribution in [2.75, 3.05) is 10.5 Å². The maximum atomic E-state index is 12.4. The predicted molar refractivity (Wildman–Crippen MR) is 86.1 cm³/mol. The van der Waals surface area contributed by atoms with Gasteiger partial charge in [0.1, 0.15) is 16.0 Å². The number of sulfonamides is 1. The molecule has 20 heavy (non-hydrogen) atoms. The lowest BCUT2D eigenvalue weighted by molar-refractivity contribution is 0.600. The number of nitrogens with zero attached hydrogens (tertiary/aromatic N) is 1. The van der Waals surface area contributed by atoms with Gasteiger partial charge in [0.15, 0.2) is 0 Å². The maximum absolute atomic E-state index is 12.4. The third kappa shape index (κ3) is 2.98. The topological polar surface area (TPSA) is 96.0 Å². The first-order chi connectivity index (χ1) is 9.35. The minimum atomic E-state index is -3.83. The average Bonchev–Trinajstić information content (AvgIpc) is 2.73. The zero-order valence-corrected chi connectivity index (χ0v) is 14.5. The molecule has 0 saturated heterocycles. The van der Waals surface area contributed by atoms with Gasteiger partial charge in [-0.05, 0) is 55.4 Å². The van der Waals surface area contributed by atoms with Crippen molar-refractivity contribution in [3.05, 3.63) is 38.1 Å². The lowest BCUT2D eigenvalue weighted by Gasteiger charge is -2.11. The average molecular weight is 437 g/mol. The Kier molecular flexibility index (Phi) is 4.39. The number of thiophene rings is 1. The first kappa shape index (κ1) is 15.3. The standard InChI is InChI=1S/C11H7Br2N3O2S2/c12-8-3-7(15)4-9(13)10(8)20(17,18)16-11-6(5-14)1-2-19-11/h1-4,16H,15H2. The van der Waals surface area contributed by atoms with Gasteiger partial charge in [-0.25, -0.2) is 8.42 Å². The Morgan fingerprint density at radius 2 is 1.90 bits per heavy atom. The van der Waals surface area contributed by atoms with Crippen LogP contribution in [0.15, 0.2) is 37.4 Å². The zero-order valence-electron chi connectivity index (χ0n) is 9.72. The van der Waals surface area contributed by atoms with E-state index in [9.17, 15) is 8.42 Å². The number of nitrogens with one attached hydrogen (secondary N) is 1. The number of benzene rings is 1. The third-order valence-electron chi connectivity index (χ3n) is 2.30. The lowest BCUT2D eigenvalue weighted by atomic mass is 10.3. The fourth-order valence-corrected chi connectivity index (χ4v) is 6.18. The number of hydrogen-bond acceptors (Lipinski definition) is 5. The molecule has 104 valence electrons. The summed E-state index contributed by atoms with van der Waals surface area (Å²) in [6.45, 7) is 0. The third-order valence-corrected chi connectivity index (χ3v) is 6.49. The minimum Gasteiger partial charge on any atom is -0.399 e. The molecule has 0 aliphatic carbocycles. The monoisotopic (exact) mass is 435 g/mol. The maximum Gasteiger partial charge on any atom is 0.264 e. The van der Waals surface area contributed by atoms with E-state index in [-0.39, 0.29) is 15.5 Å². The molecule has 0 amide bonds. The Balaban J connectivity index is 2.50. The number of nitriles is 1. The van der Waals surface area contributed by atoms with E-state index < -0.39 is 10.0 Å². The van der Waals surface area contributed by atoms with E-state index in [4.69, 9.17) is 11.0 Å². The van der Waals surface area contributed by atoms with Gasteiger partial charge in [0.05, 0.1) is 5.56 Å². The second-order valence-corrected chi connectivity index (χ2v) is 7.94. The summed E-state index contributed by atoms with van der Waals surface area (Å²) in [7, 11) is -3.83. The molecule has 0 aliphatic heterocycles. The molecule has 3 N–H and O–H groups in total. The molecule has 2 aromatic rings. The van der Waals surface area contributed by atoms with Crippen molar-refractivity contribution >= 4 is 63.9 Å². The highest BCUT2D eigenvalue weighted by Crippen LogP contribution is 2.34. The van der Waals surface area contributed by atoms with Crippen LogP contribution in [0.2, 0.25) is 0 Å². The van der Waals surface area contributed by atoms with Crippen molar-refractivity contribution < 1.29 is 8.42 Å². The van der Waals surface area contributed by atoms with Gasteiger partial charge in [-0.2, -0.15) is 5.26 Å². The molecule has 1 aromatic carbocycles. The highest BCUT2D eigenvalue weighted by molar-refractivity contribution is 9.11. The van der Waals surface area contributed by atoms with Crippen LogP contribution in [0.25, 0.3) is 0 Å². The van der Waals surface area contributed by atoms with E-state index in [0.717, 1.165) is 11.3 Å². The fourth-order valence-electron chi connectivity index (χ4n) is 1.49. The Hall–Kier alpha value is -1.08. The first-order valence-electron chi connectivity index (χ1n) is 5.10. The number of nitrogen functional groups attached to an aromatic ring is 1. The normalized spacial score (nSPS) is 11.1. The summed E-state index contributed by atoms with van der Waals surface area (Å²) >= 11 is 7.51. The Morgan fingerprint density at radius 3 is 2.45 bits per heavy atom. The van der Waals surface area contributed by atoms with E-state index in [2.05, 4.69) is 36.6 Å². The van der Waals surface area contributed by atoms with E-state index in [0.29, 0.717) is 14.6 Å². The van der Waals surface area contributed by atoms with Gasteiger partial charge in [-0.3, -0.25) is 4.72 Å². The highest BCUT2D eigenvalue weighted by atomic mass is 79.9. The van der Waals surface area contributed by atoms with Crippen LogP contribution in [0.1, 0.15) is 5.56 Å². The van der Waals surface area contributed by atoms with Crippen LogP contribution in [0.5, 0.6) is 0 Å². The first-order valence-corrected chi connectivity index (χ1v) is 9.05. The largest absolute Gasteiger partial charge is 0.399 e. The number of rotatable bonds is 3. The van der Waals surface area contributed by atoms with Crippen LogP contribution in [0.4, 0.5) is 10.7 Å². The predicted octanol–water partition coefficient (Wildman–Crippen LogP) is 3.53. The molecule has 1 aromatic heterocycles. The van der Waals surface area contributed by atoms with Gasteiger partial charge in [0, 0.05) is 14.6 Å². The molecule has 0 aliphatic rings. The molecule has 0 radical (unpaired) electrons. The molecule has 0 saturated carbocycles. The molecule has 1 heterocycles. The molecule has 0 spiro atoms. The van der Waals surface area contributed by atoms with Crippen LogP contribution < -0.4 is 10.5 Å². The molecule has 0 fully saturated rings. The number of nitrogens with two attached hydrogens (primary N) is 1. The second-order valence-electron chi connectivity index (χ2n) is 3.69. The van der Waals surface area contributed by atoms with E-state index in [1.54, 1.807) is 11.4 Å². The summed E-state index contributed by atoms with van der Waals surface area (Å²) in [4.78, 5) is 0.0315. The van der Waals surface area contributed by atoms with Crippen LogP contribution in [-0.4, -0.2) is 8.42 Å². The summed E-state index contributed by atoms with van der Waals surface area (Å²) in [5.74, 6) is 0. The Bertz CT molecular complexity index is 786. The molecular weight excluding hydrogens is 430 g/mol.